The molecular weight excluding hydrogens is 320 g/mol. The number of hydrogen-bond donors (Lipinski definition) is 0. The Morgan fingerprint density at radius 1 is 1.00 bits per heavy atom. The first-order valence-corrected chi connectivity index (χ1v) is 10.7. The molecule has 0 N–H and O–H groups in total. The molecule has 0 radical (unpaired) electrons. The lowest BCUT2D eigenvalue weighted by Crippen LogP contribution is -2.22. The van der Waals surface area contributed by atoms with Crippen LogP contribution in [0.2, 0.25) is 0 Å². The Labute approximate surface area is 148 Å². The van der Waals surface area contributed by atoms with E-state index >= 15 is 0 Å². The van der Waals surface area contributed by atoms with Gasteiger partial charge in [0.15, 0.2) is 0 Å². The Morgan fingerprint density at radius 3 is 2.08 bits per heavy atom. The number of rotatable bonds is 9. The average Bonchev–Trinajstić information content (AvgIpc) is 2.50. The van der Waals surface area contributed by atoms with Crippen molar-refractivity contribution >= 4 is 10.1 Å². The van der Waals surface area contributed by atoms with Crippen molar-refractivity contribution in [2.24, 2.45) is 0 Å². The standard InChI is InChI=1S/C20H34O3S/c1-8-19(3,4)17-13-12-16(11-10-14-23-24(7,21)22)18(15-17)20(5,6)9-2/h12-13,15H,8-11,14H2,1-7H3. The van der Waals surface area contributed by atoms with Gasteiger partial charge >= 0.3 is 0 Å². The molecule has 0 aliphatic rings. The Balaban J connectivity index is 3.07. The van der Waals surface area contributed by atoms with Crippen LogP contribution in [0.15, 0.2) is 18.2 Å². The first-order chi connectivity index (χ1) is 10.9. The molecule has 1 aromatic rings. The molecule has 24 heavy (non-hydrogen) atoms. The van der Waals surface area contributed by atoms with Crippen LogP contribution in [-0.2, 0) is 31.6 Å². The molecule has 0 fully saturated rings. The van der Waals surface area contributed by atoms with Gasteiger partial charge in [0.25, 0.3) is 10.1 Å². The molecule has 0 atom stereocenters. The Hall–Kier alpha value is -0.870. The minimum absolute atomic E-state index is 0.104. The third-order valence-corrected chi connectivity index (χ3v) is 5.87. The third kappa shape index (κ3) is 5.89. The van der Waals surface area contributed by atoms with E-state index in [9.17, 15) is 8.42 Å². The normalized spacial score (nSPS) is 13.3. The van der Waals surface area contributed by atoms with Crippen molar-refractivity contribution in [2.45, 2.75) is 78.1 Å². The summed E-state index contributed by atoms with van der Waals surface area (Å²) in [6.45, 7) is 13.8. The summed E-state index contributed by atoms with van der Waals surface area (Å²) in [5.74, 6) is 0. The van der Waals surface area contributed by atoms with E-state index in [4.69, 9.17) is 4.18 Å². The van der Waals surface area contributed by atoms with Gasteiger partial charge in [-0.1, -0.05) is 59.7 Å². The van der Waals surface area contributed by atoms with Crippen molar-refractivity contribution in [1.29, 1.82) is 0 Å². The maximum absolute atomic E-state index is 11.1. The molecule has 0 saturated carbocycles. The van der Waals surface area contributed by atoms with Crippen LogP contribution in [-0.4, -0.2) is 21.3 Å². The lowest BCUT2D eigenvalue weighted by molar-refractivity contribution is 0.315. The molecule has 0 aliphatic carbocycles. The second-order valence-corrected chi connectivity index (χ2v) is 9.62. The van der Waals surface area contributed by atoms with Crippen LogP contribution in [0.3, 0.4) is 0 Å². The monoisotopic (exact) mass is 354 g/mol. The fourth-order valence-corrected chi connectivity index (χ4v) is 3.13. The fraction of sp³-hybridized carbons (Fsp3) is 0.700. The van der Waals surface area contributed by atoms with Crippen LogP contribution in [0.25, 0.3) is 0 Å². The summed E-state index contributed by atoms with van der Waals surface area (Å²) in [6, 6.07) is 6.81. The van der Waals surface area contributed by atoms with E-state index in [-0.39, 0.29) is 17.4 Å². The molecule has 0 heterocycles. The molecule has 1 rings (SSSR count). The van der Waals surface area contributed by atoms with Crippen LogP contribution in [0, 0.1) is 0 Å². The first kappa shape index (κ1) is 21.2. The topological polar surface area (TPSA) is 43.4 Å². The summed E-state index contributed by atoms with van der Waals surface area (Å²) < 4.78 is 27.0. The molecule has 0 spiro atoms. The minimum Gasteiger partial charge on any atom is -0.270 e. The molecule has 0 aromatic heterocycles. The SMILES string of the molecule is CCC(C)(C)c1ccc(CCCOS(C)(=O)=O)c(C(C)(C)CC)c1. The van der Waals surface area contributed by atoms with Gasteiger partial charge in [0, 0.05) is 0 Å². The van der Waals surface area contributed by atoms with Crippen LogP contribution in [0.4, 0.5) is 0 Å². The predicted octanol–water partition coefficient (Wildman–Crippen LogP) is 4.97. The predicted molar refractivity (Wildman–Crippen MR) is 102 cm³/mol. The van der Waals surface area contributed by atoms with Crippen LogP contribution in [0.1, 0.15) is 77.5 Å². The Kier molecular flexibility index (Phi) is 7.06. The van der Waals surface area contributed by atoms with E-state index in [0.29, 0.717) is 6.42 Å². The summed E-state index contributed by atoms with van der Waals surface area (Å²) in [5.41, 5.74) is 4.32. The highest BCUT2D eigenvalue weighted by molar-refractivity contribution is 7.85. The van der Waals surface area contributed by atoms with E-state index in [0.717, 1.165) is 25.5 Å². The van der Waals surface area contributed by atoms with E-state index in [1.165, 1.54) is 16.7 Å². The van der Waals surface area contributed by atoms with Crippen molar-refractivity contribution in [3.8, 4) is 0 Å². The third-order valence-electron chi connectivity index (χ3n) is 5.28. The molecule has 138 valence electrons. The Morgan fingerprint density at radius 2 is 1.58 bits per heavy atom. The van der Waals surface area contributed by atoms with Gasteiger partial charge in [-0.15, -0.1) is 0 Å². The van der Waals surface area contributed by atoms with Crippen molar-refractivity contribution in [3.63, 3.8) is 0 Å². The molecule has 1 aromatic carbocycles. The smallest absolute Gasteiger partial charge is 0.264 e. The van der Waals surface area contributed by atoms with E-state index < -0.39 is 10.1 Å². The zero-order valence-electron chi connectivity index (χ0n) is 16.4. The highest BCUT2D eigenvalue weighted by Crippen LogP contribution is 2.35. The number of aryl methyl sites for hydroxylation is 1. The molecule has 0 saturated heterocycles. The van der Waals surface area contributed by atoms with Gasteiger partial charge in [-0.25, -0.2) is 0 Å². The summed E-state index contributed by atoms with van der Waals surface area (Å²) in [7, 11) is -3.35. The quantitative estimate of drug-likeness (QED) is 0.464. The lowest BCUT2D eigenvalue weighted by atomic mass is 9.74. The first-order valence-electron chi connectivity index (χ1n) is 8.91. The molecule has 4 heteroatoms. The molecular formula is C20H34O3S. The van der Waals surface area contributed by atoms with Crippen LogP contribution in [0.5, 0.6) is 0 Å². The minimum atomic E-state index is -3.35. The second-order valence-electron chi connectivity index (χ2n) is 7.98. The summed E-state index contributed by atoms with van der Waals surface area (Å²) in [5, 5.41) is 0. The Bertz CT molecular complexity index is 643. The summed E-state index contributed by atoms with van der Waals surface area (Å²) in [6.07, 6.45) is 4.80. The largest absolute Gasteiger partial charge is 0.270 e. The summed E-state index contributed by atoms with van der Waals surface area (Å²) in [4.78, 5) is 0. The molecule has 0 unspecified atom stereocenters. The van der Waals surface area contributed by atoms with Gasteiger partial charge in [-0.05, 0) is 53.2 Å². The van der Waals surface area contributed by atoms with Crippen molar-refractivity contribution < 1.29 is 12.6 Å². The van der Waals surface area contributed by atoms with Crippen molar-refractivity contribution in [2.75, 3.05) is 12.9 Å². The van der Waals surface area contributed by atoms with Gasteiger partial charge in [-0.3, -0.25) is 4.18 Å². The zero-order chi connectivity index (χ0) is 18.6. The van der Waals surface area contributed by atoms with Gasteiger partial charge in [0.2, 0.25) is 0 Å². The maximum Gasteiger partial charge on any atom is 0.264 e. The second kappa shape index (κ2) is 8.01. The van der Waals surface area contributed by atoms with Gasteiger partial charge in [0.05, 0.1) is 12.9 Å². The van der Waals surface area contributed by atoms with Gasteiger partial charge < -0.3 is 0 Å². The van der Waals surface area contributed by atoms with E-state index in [1.807, 2.05) is 0 Å². The van der Waals surface area contributed by atoms with Crippen molar-refractivity contribution in [3.05, 3.63) is 34.9 Å². The molecule has 0 amide bonds. The highest BCUT2D eigenvalue weighted by Gasteiger charge is 2.25. The zero-order valence-corrected chi connectivity index (χ0v) is 17.2. The van der Waals surface area contributed by atoms with Gasteiger partial charge in [-0.2, -0.15) is 8.42 Å². The average molecular weight is 355 g/mol. The molecule has 0 bridgehead atoms. The highest BCUT2D eigenvalue weighted by atomic mass is 32.2. The van der Waals surface area contributed by atoms with Crippen LogP contribution < -0.4 is 0 Å². The van der Waals surface area contributed by atoms with Crippen molar-refractivity contribution in [1.82, 2.24) is 0 Å². The summed E-state index contributed by atoms with van der Waals surface area (Å²) >= 11 is 0. The molecule has 3 nitrogen and oxygen atoms in total. The van der Waals surface area contributed by atoms with Crippen LogP contribution >= 0.6 is 0 Å². The lowest BCUT2D eigenvalue weighted by Gasteiger charge is -2.31. The fourth-order valence-electron chi connectivity index (χ4n) is 2.71. The maximum atomic E-state index is 11.1. The van der Waals surface area contributed by atoms with E-state index in [2.05, 4.69) is 59.7 Å². The number of benzene rings is 1. The number of hydrogen-bond acceptors (Lipinski definition) is 3. The molecule has 0 aliphatic heterocycles. The van der Waals surface area contributed by atoms with E-state index in [1.54, 1.807) is 0 Å². The van der Waals surface area contributed by atoms with Gasteiger partial charge in [0.1, 0.15) is 0 Å².